The molecule has 1 aliphatic rings. The van der Waals surface area contributed by atoms with E-state index in [1.165, 1.54) is 25.0 Å². The van der Waals surface area contributed by atoms with Crippen molar-refractivity contribution in [2.75, 3.05) is 5.75 Å². The summed E-state index contributed by atoms with van der Waals surface area (Å²) in [5.74, 6) is 2.04. The Morgan fingerprint density at radius 3 is 3.00 bits per heavy atom. The van der Waals surface area contributed by atoms with Crippen LogP contribution in [0.15, 0.2) is 4.52 Å². The number of nitrogens with zero attached hydrogens (tertiary/aromatic N) is 2. The SMILES string of the molecule is Ic1noc(C2CCCCS2)n1. The largest absolute Gasteiger partial charge is 0.337 e. The van der Waals surface area contributed by atoms with Crippen molar-refractivity contribution in [1.82, 2.24) is 10.1 Å². The predicted octanol–water partition coefficient (Wildman–Crippen LogP) is 2.63. The molecule has 2 rings (SSSR count). The maximum absolute atomic E-state index is 5.11. The highest BCUT2D eigenvalue weighted by molar-refractivity contribution is 14.1. The molecule has 1 fully saturated rings. The molecule has 66 valence electrons. The van der Waals surface area contributed by atoms with E-state index in [1.807, 2.05) is 11.8 Å². The van der Waals surface area contributed by atoms with Crippen LogP contribution in [0.3, 0.4) is 0 Å². The lowest BCUT2D eigenvalue weighted by Gasteiger charge is -2.16. The van der Waals surface area contributed by atoms with Crippen LogP contribution in [0.1, 0.15) is 30.4 Å². The van der Waals surface area contributed by atoms with Gasteiger partial charge in [0.25, 0.3) is 0 Å². The molecule has 0 aromatic carbocycles. The number of halogens is 1. The molecule has 3 nitrogen and oxygen atoms in total. The van der Waals surface area contributed by atoms with E-state index in [0.29, 0.717) is 9.08 Å². The summed E-state index contributed by atoms with van der Waals surface area (Å²) in [6, 6.07) is 0. The number of aromatic nitrogens is 2. The molecular formula is C7H9IN2OS. The van der Waals surface area contributed by atoms with Gasteiger partial charge >= 0.3 is 0 Å². The fraction of sp³-hybridized carbons (Fsp3) is 0.714. The Morgan fingerprint density at radius 1 is 1.50 bits per heavy atom. The molecular weight excluding hydrogens is 287 g/mol. The lowest BCUT2D eigenvalue weighted by atomic mass is 10.2. The van der Waals surface area contributed by atoms with Gasteiger partial charge < -0.3 is 4.52 Å². The Bertz CT molecular complexity index is 260. The van der Waals surface area contributed by atoms with Gasteiger partial charge in [0.2, 0.25) is 9.72 Å². The molecule has 0 amide bonds. The third-order valence-corrected chi connectivity index (χ3v) is 3.67. The second-order valence-corrected chi connectivity index (χ2v) is 5.03. The van der Waals surface area contributed by atoms with E-state index in [-0.39, 0.29) is 0 Å². The third kappa shape index (κ3) is 1.93. The zero-order valence-corrected chi connectivity index (χ0v) is 9.47. The van der Waals surface area contributed by atoms with E-state index in [2.05, 4.69) is 32.7 Å². The van der Waals surface area contributed by atoms with Crippen LogP contribution < -0.4 is 0 Å². The normalized spacial score (nSPS) is 24.2. The zero-order valence-electron chi connectivity index (χ0n) is 6.49. The lowest BCUT2D eigenvalue weighted by Crippen LogP contribution is -2.02. The molecule has 1 atom stereocenters. The summed E-state index contributed by atoms with van der Waals surface area (Å²) in [4.78, 5) is 4.22. The summed E-state index contributed by atoms with van der Waals surface area (Å²) >= 11 is 4.00. The molecule has 1 aromatic rings. The van der Waals surface area contributed by atoms with Gasteiger partial charge in [0.05, 0.1) is 5.25 Å². The smallest absolute Gasteiger partial charge is 0.240 e. The Balaban J connectivity index is 2.08. The van der Waals surface area contributed by atoms with Crippen LogP contribution in [0.4, 0.5) is 0 Å². The summed E-state index contributed by atoms with van der Waals surface area (Å²) in [5, 5.41) is 4.23. The lowest BCUT2D eigenvalue weighted by molar-refractivity contribution is 0.366. The second-order valence-electron chi connectivity index (χ2n) is 2.76. The number of thioether (sulfide) groups is 1. The predicted molar refractivity (Wildman–Crippen MR) is 56.1 cm³/mol. The van der Waals surface area contributed by atoms with Crippen molar-refractivity contribution in [2.45, 2.75) is 24.5 Å². The van der Waals surface area contributed by atoms with E-state index in [4.69, 9.17) is 4.52 Å². The van der Waals surface area contributed by atoms with Gasteiger partial charge in [-0.2, -0.15) is 4.98 Å². The van der Waals surface area contributed by atoms with Crippen molar-refractivity contribution in [3.8, 4) is 0 Å². The highest BCUT2D eigenvalue weighted by Crippen LogP contribution is 2.37. The average molecular weight is 296 g/mol. The van der Waals surface area contributed by atoms with Gasteiger partial charge in [-0.15, -0.1) is 11.8 Å². The van der Waals surface area contributed by atoms with E-state index >= 15 is 0 Å². The minimum Gasteiger partial charge on any atom is -0.337 e. The van der Waals surface area contributed by atoms with Crippen LogP contribution in [0.2, 0.25) is 0 Å². The molecule has 1 unspecified atom stereocenters. The van der Waals surface area contributed by atoms with E-state index in [1.54, 1.807) is 0 Å². The highest BCUT2D eigenvalue weighted by Gasteiger charge is 2.21. The fourth-order valence-corrected chi connectivity index (χ4v) is 2.85. The van der Waals surface area contributed by atoms with Gasteiger partial charge in [0, 0.05) is 22.6 Å². The van der Waals surface area contributed by atoms with Crippen molar-refractivity contribution < 1.29 is 4.52 Å². The molecule has 0 N–H and O–H groups in total. The molecule has 0 radical (unpaired) electrons. The Hall–Kier alpha value is 0.220. The Morgan fingerprint density at radius 2 is 2.42 bits per heavy atom. The zero-order chi connectivity index (χ0) is 8.39. The monoisotopic (exact) mass is 296 g/mol. The minimum atomic E-state index is 0.453. The fourth-order valence-electron chi connectivity index (χ4n) is 1.28. The molecule has 0 bridgehead atoms. The average Bonchev–Trinajstić information content (AvgIpc) is 2.54. The standard InChI is InChI=1S/C7H9IN2OS/c8-7-9-6(11-10-7)5-3-1-2-4-12-5/h5H,1-4H2. The molecule has 12 heavy (non-hydrogen) atoms. The topological polar surface area (TPSA) is 38.9 Å². The van der Waals surface area contributed by atoms with Crippen molar-refractivity contribution in [1.29, 1.82) is 0 Å². The molecule has 1 aliphatic heterocycles. The van der Waals surface area contributed by atoms with E-state index in [9.17, 15) is 0 Å². The van der Waals surface area contributed by atoms with Gasteiger partial charge in [0.1, 0.15) is 0 Å². The van der Waals surface area contributed by atoms with Crippen molar-refractivity contribution in [3.05, 3.63) is 9.72 Å². The number of rotatable bonds is 1. The molecule has 1 aromatic heterocycles. The molecule has 2 heterocycles. The van der Waals surface area contributed by atoms with Crippen LogP contribution in [0.5, 0.6) is 0 Å². The van der Waals surface area contributed by atoms with E-state index in [0.717, 1.165) is 5.89 Å². The summed E-state index contributed by atoms with van der Waals surface area (Å²) in [5.41, 5.74) is 0. The first-order valence-electron chi connectivity index (χ1n) is 3.97. The first-order valence-corrected chi connectivity index (χ1v) is 6.10. The summed E-state index contributed by atoms with van der Waals surface area (Å²) in [7, 11) is 0. The van der Waals surface area contributed by atoms with Crippen LogP contribution in [-0.4, -0.2) is 15.9 Å². The van der Waals surface area contributed by atoms with Crippen molar-refractivity contribution in [2.24, 2.45) is 0 Å². The van der Waals surface area contributed by atoms with Crippen molar-refractivity contribution >= 4 is 34.4 Å². The third-order valence-electron chi connectivity index (χ3n) is 1.87. The summed E-state index contributed by atoms with van der Waals surface area (Å²) in [6.45, 7) is 0. The molecule has 0 spiro atoms. The Labute approximate surface area is 88.8 Å². The van der Waals surface area contributed by atoms with Gasteiger partial charge in [-0.3, -0.25) is 0 Å². The number of hydrogen-bond donors (Lipinski definition) is 0. The highest BCUT2D eigenvalue weighted by atomic mass is 127. The summed E-state index contributed by atoms with van der Waals surface area (Å²) in [6.07, 6.45) is 3.80. The second kappa shape index (κ2) is 3.95. The maximum Gasteiger partial charge on any atom is 0.240 e. The van der Waals surface area contributed by atoms with E-state index < -0.39 is 0 Å². The van der Waals surface area contributed by atoms with Gasteiger partial charge in [-0.05, 0) is 18.6 Å². The van der Waals surface area contributed by atoms with Gasteiger partial charge in [0.15, 0.2) is 0 Å². The minimum absolute atomic E-state index is 0.453. The van der Waals surface area contributed by atoms with Crippen LogP contribution in [0, 0.1) is 3.83 Å². The quantitative estimate of drug-likeness (QED) is 0.747. The van der Waals surface area contributed by atoms with Gasteiger partial charge in [-0.25, -0.2) is 0 Å². The van der Waals surface area contributed by atoms with Crippen LogP contribution in [-0.2, 0) is 0 Å². The van der Waals surface area contributed by atoms with Gasteiger partial charge in [-0.1, -0.05) is 11.6 Å². The maximum atomic E-state index is 5.11. The summed E-state index contributed by atoms with van der Waals surface area (Å²) < 4.78 is 5.83. The first-order chi connectivity index (χ1) is 5.86. The molecule has 0 aliphatic carbocycles. The van der Waals surface area contributed by atoms with Crippen molar-refractivity contribution in [3.63, 3.8) is 0 Å². The Kier molecular flexibility index (Phi) is 2.90. The molecule has 1 saturated heterocycles. The van der Waals surface area contributed by atoms with Crippen LogP contribution >= 0.6 is 34.4 Å². The first kappa shape index (κ1) is 8.80. The molecule has 5 heteroatoms. The molecule has 0 saturated carbocycles. The number of hydrogen-bond acceptors (Lipinski definition) is 4. The van der Waals surface area contributed by atoms with Crippen LogP contribution in [0.25, 0.3) is 0 Å².